The molecule has 0 aromatic heterocycles. The SMILES string of the molecule is O=C(NC1CCOCC1)c1c(F)cc(OCC[C@@H]2C[C@@H]2C2CCN(CC(F)(F)F)CC2)cc1F. The molecule has 1 N–H and O–H groups in total. The van der Waals surface area contributed by atoms with Gasteiger partial charge in [0.25, 0.3) is 5.91 Å². The van der Waals surface area contributed by atoms with E-state index in [2.05, 4.69) is 5.32 Å². The number of benzene rings is 1. The molecule has 0 bridgehead atoms. The van der Waals surface area contributed by atoms with Crippen LogP contribution in [-0.2, 0) is 4.74 Å². The molecule has 1 amide bonds. The average molecular weight is 491 g/mol. The summed E-state index contributed by atoms with van der Waals surface area (Å²) in [5.41, 5.74) is -0.613. The quantitative estimate of drug-likeness (QED) is 0.544. The molecule has 4 rings (SSSR count). The number of ether oxygens (including phenoxy) is 2. The lowest BCUT2D eigenvalue weighted by atomic mass is 9.90. The first-order chi connectivity index (χ1) is 16.2. The van der Waals surface area contributed by atoms with Gasteiger partial charge in [0.15, 0.2) is 0 Å². The van der Waals surface area contributed by atoms with Crippen molar-refractivity contribution in [3.63, 3.8) is 0 Å². The molecule has 1 aromatic rings. The molecular formula is C24H31F5N2O3. The van der Waals surface area contributed by atoms with Crippen LogP contribution in [0.2, 0.25) is 0 Å². The number of likely N-dealkylation sites (tertiary alicyclic amines) is 1. The number of nitrogens with zero attached hydrogens (tertiary/aromatic N) is 1. The van der Waals surface area contributed by atoms with Crippen LogP contribution in [-0.4, -0.2) is 62.5 Å². The summed E-state index contributed by atoms with van der Waals surface area (Å²) in [6.07, 6.45) is 0.329. The Hall–Kier alpha value is -1.94. The molecule has 1 saturated carbocycles. The van der Waals surface area contributed by atoms with Gasteiger partial charge in [-0.2, -0.15) is 13.2 Å². The topological polar surface area (TPSA) is 50.8 Å². The van der Waals surface area contributed by atoms with E-state index in [-0.39, 0.29) is 11.8 Å². The molecule has 2 atom stereocenters. The van der Waals surface area contributed by atoms with Crippen LogP contribution in [0.4, 0.5) is 22.0 Å². The molecule has 2 heterocycles. The van der Waals surface area contributed by atoms with Gasteiger partial charge in [0.2, 0.25) is 0 Å². The van der Waals surface area contributed by atoms with Crippen LogP contribution in [0.25, 0.3) is 0 Å². The zero-order chi connectivity index (χ0) is 24.3. The number of piperidine rings is 1. The van der Waals surface area contributed by atoms with Crippen molar-refractivity contribution in [2.24, 2.45) is 17.8 Å². The molecule has 1 aromatic carbocycles. The monoisotopic (exact) mass is 490 g/mol. The van der Waals surface area contributed by atoms with Crippen LogP contribution in [0, 0.1) is 29.4 Å². The summed E-state index contributed by atoms with van der Waals surface area (Å²) in [6, 6.07) is 1.89. The van der Waals surface area contributed by atoms with Crippen LogP contribution >= 0.6 is 0 Å². The fourth-order valence-electron chi connectivity index (χ4n) is 5.25. The Morgan fingerprint density at radius 3 is 2.35 bits per heavy atom. The zero-order valence-electron chi connectivity index (χ0n) is 19.0. The maximum absolute atomic E-state index is 14.5. The molecule has 3 fully saturated rings. The van der Waals surface area contributed by atoms with Crippen molar-refractivity contribution in [1.29, 1.82) is 0 Å². The number of halogens is 5. The Bertz CT molecular complexity index is 828. The third-order valence-electron chi connectivity index (χ3n) is 7.17. The van der Waals surface area contributed by atoms with Gasteiger partial charge >= 0.3 is 6.18 Å². The Balaban J connectivity index is 1.19. The smallest absolute Gasteiger partial charge is 0.401 e. The summed E-state index contributed by atoms with van der Waals surface area (Å²) in [4.78, 5) is 13.8. The van der Waals surface area contributed by atoms with Crippen molar-refractivity contribution in [2.45, 2.75) is 50.7 Å². The van der Waals surface area contributed by atoms with Gasteiger partial charge in [0, 0.05) is 31.4 Å². The minimum absolute atomic E-state index is 0.0373. The Morgan fingerprint density at radius 2 is 1.74 bits per heavy atom. The molecule has 10 heteroatoms. The van der Waals surface area contributed by atoms with Gasteiger partial charge in [-0.05, 0) is 69.4 Å². The first-order valence-corrected chi connectivity index (χ1v) is 12.0. The highest BCUT2D eigenvalue weighted by molar-refractivity contribution is 5.95. The van der Waals surface area contributed by atoms with Crippen molar-refractivity contribution < 1.29 is 36.2 Å². The number of rotatable bonds is 8. The maximum Gasteiger partial charge on any atom is 0.401 e. The summed E-state index contributed by atoms with van der Waals surface area (Å²) in [6.45, 7) is 1.39. The fourth-order valence-corrected chi connectivity index (χ4v) is 5.25. The normalized spacial score (nSPS) is 24.7. The Morgan fingerprint density at radius 1 is 1.09 bits per heavy atom. The van der Waals surface area contributed by atoms with E-state index in [1.54, 1.807) is 0 Å². The molecule has 0 unspecified atom stereocenters. The summed E-state index contributed by atoms with van der Waals surface area (Å²) >= 11 is 0. The maximum atomic E-state index is 14.5. The predicted octanol–water partition coefficient (Wildman–Crippen LogP) is 4.55. The van der Waals surface area contributed by atoms with Crippen LogP contribution in [0.5, 0.6) is 5.75 Å². The van der Waals surface area contributed by atoms with E-state index in [0.717, 1.165) is 37.8 Å². The number of alkyl halides is 3. The predicted molar refractivity (Wildman–Crippen MR) is 115 cm³/mol. The van der Waals surface area contributed by atoms with Crippen LogP contribution in [0.3, 0.4) is 0 Å². The highest BCUT2D eigenvalue weighted by Crippen LogP contribution is 2.49. The first kappa shape index (κ1) is 25.2. The molecule has 0 spiro atoms. The number of nitrogens with one attached hydrogen (secondary N) is 1. The second-order valence-electron chi connectivity index (χ2n) is 9.65. The second kappa shape index (κ2) is 10.8. The summed E-state index contributed by atoms with van der Waals surface area (Å²) in [5.74, 6) is -1.33. The van der Waals surface area contributed by atoms with Crippen molar-refractivity contribution in [1.82, 2.24) is 10.2 Å². The largest absolute Gasteiger partial charge is 0.493 e. The lowest BCUT2D eigenvalue weighted by Crippen LogP contribution is -2.40. The molecule has 5 nitrogen and oxygen atoms in total. The molecule has 2 saturated heterocycles. The summed E-state index contributed by atoms with van der Waals surface area (Å²) in [7, 11) is 0. The lowest BCUT2D eigenvalue weighted by Gasteiger charge is -2.32. The van der Waals surface area contributed by atoms with Gasteiger partial charge in [-0.25, -0.2) is 8.78 Å². The lowest BCUT2D eigenvalue weighted by molar-refractivity contribution is -0.148. The number of carbonyl (C=O) groups is 1. The third-order valence-corrected chi connectivity index (χ3v) is 7.17. The fraction of sp³-hybridized carbons (Fsp3) is 0.708. The van der Waals surface area contributed by atoms with E-state index in [4.69, 9.17) is 9.47 Å². The van der Waals surface area contributed by atoms with E-state index in [1.165, 1.54) is 4.90 Å². The Labute approximate surface area is 196 Å². The van der Waals surface area contributed by atoms with Crippen LogP contribution in [0.15, 0.2) is 12.1 Å². The Kier molecular flexibility index (Phi) is 7.97. The van der Waals surface area contributed by atoms with E-state index in [9.17, 15) is 26.7 Å². The number of carbonyl (C=O) groups excluding carboxylic acids is 1. The number of hydrogen-bond donors (Lipinski definition) is 1. The molecule has 0 radical (unpaired) electrons. The molecule has 190 valence electrons. The van der Waals surface area contributed by atoms with Crippen molar-refractivity contribution >= 4 is 5.91 Å². The number of amides is 1. The van der Waals surface area contributed by atoms with Crippen molar-refractivity contribution in [2.75, 3.05) is 39.5 Å². The first-order valence-electron chi connectivity index (χ1n) is 12.0. The van der Waals surface area contributed by atoms with Gasteiger partial charge < -0.3 is 14.8 Å². The molecule has 1 aliphatic carbocycles. The average Bonchev–Trinajstić information content (AvgIpc) is 3.53. The van der Waals surface area contributed by atoms with E-state index in [0.29, 0.717) is 63.5 Å². The minimum atomic E-state index is -4.15. The summed E-state index contributed by atoms with van der Waals surface area (Å²) in [5, 5.41) is 2.65. The van der Waals surface area contributed by atoms with E-state index < -0.39 is 35.8 Å². The number of hydrogen-bond acceptors (Lipinski definition) is 4. The zero-order valence-corrected chi connectivity index (χ0v) is 19.0. The second-order valence-corrected chi connectivity index (χ2v) is 9.65. The van der Waals surface area contributed by atoms with Crippen molar-refractivity contribution in [3.8, 4) is 5.75 Å². The molecule has 34 heavy (non-hydrogen) atoms. The summed E-state index contributed by atoms with van der Waals surface area (Å²) < 4.78 is 77.3. The van der Waals surface area contributed by atoms with Crippen LogP contribution < -0.4 is 10.1 Å². The molecule has 3 aliphatic rings. The molecule has 2 aliphatic heterocycles. The van der Waals surface area contributed by atoms with Gasteiger partial charge in [-0.3, -0.25) is 9.69 Å². The third kappa shape index (κ3) is 6.81. The van der Waals surface area contributed by atoms with Gasteiger partial charge in [0.1, 0.15) is 22.9 Å². The van der Waals surface area contributed by atoms with E-state index >= 15 is 0 Å². The van der Waals surface area contributed by atoms with Crippen LogP contribution in [0.1, 0.15) is 48.9 Å². The molecular weight excluding hydrogens is 459 g/mol. The standard InChI is InChI=1S/C24H31F5N2O3/c25-20-12-18(13-21(26)22(20)23(32)30-17-4-8-33-9-5-17)34-10-3-16-11-19(16)15-1-6-31(7-2-15)14-24(27,28)29/h12-13,15-17,19H,1-11,14H2,(H,30,32)/t16-,19-/m1/s1. The van der Waals surface area contributed by atoms with Gasteiger partial charge in [0.05, 0.1) is 13.2 Å². The minimum Gasteiger partial charge on any atom is -0.493 e. The van der Waals surface area contributed by atoms with Gasteiger partial charge in [-0.1, -0.05) is 0 Å². The highest BCUT2D eigenvalue weighted by Gasteiger charge is 2.44. The van der Waals surface area contributed by atoms with Crippen molar-refractivity contribution in [3.05, 3.63) is 29.3 Å². The highest BCUT2D eigenvalue weighted by atomic mass is 19.4. The van der Waals surface area contributed by atoms with E-state index in [1.807, 2.05) is 0 Å². The van der Waals surface area contributed by atoms with Gasteiger partial charge in [-0.15, -0.1) is 0 Å².